The normalized spacial score (nSPS) is 19.3. The van der Waals surface area contributed by atoms with Crippen molar-refractivity contribution >= 4 is 16.3 Å². The van der Waals surface area contributed by atoms with Crippen molar-refractivity contribution < 1.29 is 51.8 Å². The van der Waals surface area contributed by atoms with E-state index in [1.807, 2.05) is 6.08 Å². The first-order chi connectivity index (χ1) is 36.5. The van der Waals surface area contributed by atoms with Crippen LogP contribution in [0.15, 0.2) is 36.5 Å². The van der Waals surface area contributed by atoms with Gasteiger partial charge in [0.25, 0.3) is 0 Å². The highest BCUT2D eigenvalue weighted by atomic mass is 32.3. The fourth-order valence-electron chi connectivity index (χ4n) is 10.1. The molecule has 13 heteroatoms. The van der Waals surface area contributed by atoms with Gasteiger partial charge in [-0.25, -0.2) is 4.18 Å². The number of hydrogen-bond acceptors (Lipinski definition) is 10. The largest absolute Gasteiger partial charge is 0.397 e. The van der Waals surface area contributed by atoms with E-state index in [2.05, 4.69) is 47.7 Å². The van der Waals surface area contributed by atoms with E-state index in [1.54, 1.807) is 6.08 Å². The van der Waals surface area contributed by atoms with Crippen LogP contribution in [0.25, 0.3) is 0 Å². The molecule has 7 atom stereocenters. The molecule has 0 spiro atoms. The van der Waals surface area contributed by atoms with Crippen molar-refractivity contribution in [1.29, 1.82) is 0 Å². The maximum absolute atomic E-state index is 13.2. The molecule has 0 aromatic heterocycles. The lowest BCUT2D eigenvalue weighted by Gasteiger charge is -2.41. The van der Waals surface area contributed by atoms with Crippen LogP contribution in [-0.2, 0) is 28.9 Å². The van der Waals surface area contributed by atoms with Crippen LogP contribution in [-0.4, -0.2) is 95.4 Å². The van der Waals surface area contributed by atoms with Gasteiger partial charge in [0.2, 0.25) is 5.91 Å². The summed E-state index contributed by atoms with van der Waals surface area (Å²) in [6.07, 6.45) is 57.7. The highest BCUT2D eigenvalue weighted by Crippen LogP contribution is 2.26. The molecule has 1 heterocycles. The van der Waals surface area contributed by atoms with Gasteiger partial charge < -0.3 is 35.2 Å². The summed E-state index contributed by atoms with van der Waals surface area (Å²) in [6.45, 7) is 3.43. The summed E-state index contributed by atoms with van der Waals surface area (Å²) in [5.74, 6) is -0.259. The van der Waals surface area contributed by atoms with Gasteiger partial charge in [-0.15, -0.1) is 0 Å². The third-order valence-electron chi connectivity index (χ3n) is 14.9. The maximum Gasteiger partial charge on any atom is 0.397 e. The number of amides is 1. The smallest absolute Gasteiger partial charge is 0.394 e. The summed E-state index contributed by atoms with van der Waals surface area (Å²) in [6, 6.07) is -0.944. The van der Waals surface area contributed by atoms with Crippen LogP contribution in [0.2, 0.25) is 0 Å². The monoisotopic (exact) mass is 1080 g/mol. The summed E-state index contributed by atoms with van der Waals surface area (Å²) in [4.78, 5) is 13.2. The first-order valence-electron chi connectivity index (χ1n) is 31.4. The van der Waals surface area contributed by atoms with E-state index in [9.17, 15) is 38.2 Å². The number of rotatable bonds is 55. The number of aliphatic hydroxyl groups excluding tert-OH is 4. The summed E-state index contributed by atoms with van der Waals surface area (Å²) in [5, 5.41) is 45.0. The molecule has 1 amide bonds. The molecule has 0 aliphatic carbocycles. The molecule has 12 nitrogen and oxygen atoms in total. The SMILES string of the molecule is CCCCCCCCCCC/C=C\C/C=C\CCCCCCCCCCCCCCCCCC(=O)NC(COC1OC(CO)C(O)C(OS(=O)(=O)O)C1O)C(O)/C=C/CCCCCCCCCCCCCCCCC. The van der Waals surface area contributed by atoms with Gasteiger partial charge in [-0.2, -0.15) is 8.42 Å². The van der Waals surface area contributed by atoms with Crippen LogP contribution in [0, 0.1) is 0 Å². The molecular weight excluding hydrogens is 967 g/mol. The molecule has 1 aliphatic rings. The number of hydrogen-bond donors (Lipinski definition) is 6. The number of allylic oxidation sites excluding steroid dienone is 5. The third-order valence-corrected chi connectivity index (χ3v) is 15.4. The van der Waals surface area contributed by atoms with E-state index in [-0.39, 0.29) is 18.9 Å². The van der Waals surface area contributed by atoms with Crippen molar-refractivity contribution in [2.75, 3.05) is 13.2 Å². The minimum Gasteiger partial charge on any atom is -0.394 e. The average molecular weight is 1080 g/mol. The summed E-state index contributed by atoms with van der Waals surface area (Å²) < 4.78 is 47.9. The Morgan fingerprint density at radius 1 is 0.533 bits per heavy atom. The molecule has 1 aliphatic heterocycles. The zero-order valence-corrected chi connectivity index (χ0v) is 48.9. The first kappa shape index (κ1) is 71.3. The number of ether oxygens (including phenoxy) is 2. The molecule has 1 rings (SSSR count). The molecule has 0 aromatic carbocycles. The molecule has 0 aromatic rings. The average Bonchev–Trinajstić information content (AvgIpc) is 3.39. The Kier molecular flexibility index (Phi) is 49.2. The standard InChI is InChI=1S/C62H117NO11S/c1-3-5-7-9-11-13-15-17-19-21-22-23-24-25-26-27-28-29-30-31-32-33-34-36-38-40-42-44-46-48-50-52-58(66)63-55(54-72-62-60(68)61(74-75(69,70)71)59(67)57(53-64)73-62)56(65)51-49-47-45-43-41-39-37-35-20-18-16-14-12-10-8-6-4-2/h22-23,25-26,49,51,55-57,59-62,64-65,67-68H,3-21,24,27-48,50,52-54H2,1-2H3,(H,63,66)(H,69,70,71)/b23-22-,26-25-,51-49+. The topological polar surface area (TPSA) is 192 Å². The number of carbonyl (C=O) groups is 1. The van der Waals surface area contributed by atoms with E-state index in [4.69, 9.17) is 9.47 Å². The Balaban J connectivity index is 2.27. The van der Waals surface area contributed by atoms with Crippen LogP contribution in [0.5, 0.6) is 0 Å². The molecule has 75 heavy (non-hydrogen) atoms. The van der Waals surface area contributed by atoms with Crippen molar-refractivity contribution in [3.05, 3.63) is 36.5 Å². The second-order valence-corrected chi connectivity index (χ2v) is 23.0. The lowest BCUT2D eigenvalue weighted by molar-refractivity contribution is -0.298. The highest BCUT2D eigenvalue weighted by Gasteiger charge is 2.48. The van der Waals surface area contributed by atoms with Crippen LogP contribution in [0.3, 0.4) is 0 Å². The van der Waals surface area contributed by atoms with Gasteiger partial charge in [0.05, 0.1) is 25.4 Å². The third kappa shape index (κ3) is 43.8. The van der Waals surface area contributed by atoms with Crippen LogP contribution >= 0.6 is 0 Å². The lowest BCUT2D eigenvalue weighted by atomic mass is 9.99. The van der Waals surface area contributed by atoms with Gasteiger partial charge in [0.1, 0.15) is 24.4 Å². The summed E-state index contributed by atoms with van der Waals surface area (Å²) in [5.41, 5.74) is 0. The van der Waals surface area contributed by atoms with Gasteiger partial charge >= 0.3 is 10.4 Å². The number of carbonyl (C=O) groups excluding carboxylic acids is 1. The predicted octanol–water partition coefficient (Wildman–Crippen LogP) is 15.3. The second kappa shape index (κ2) is 51.7. The second-order valence-electron chi connectivity index (χ2n) is 22.0. The molecule has 442 valence electrons. The Labute approximate surface area is 460 Å². The van der Waals surface area contributed by atoms with E-state index < -0.39 is 59.9 Å². The van der Waals surface area contributed by atoms with E-state index in [0.717, 1.165) is 44.9 Å². The van der Waals surface area contributed by atoms with E-state index >= 15 is 0 Å². The van der Waals surface area contributed by atoms with E-state index in [0.29, 0.717) is 6.42 Å². The zero-order chi connectivity index (χ0) is 54.7. The quantitative estimate of drug-likeness (QED) is 0.0193. The Bertz CT molecular complexity index is 1460. The molecule has 6 N–H and O–H groups in total. The zero-order valence-electron chi connectivity index (χ0n) is 48.1. The van der Waals surface area contributed by atoms with Crippen LogP contribution in [0.1, 0.15) is 296 Å². The Hall–Kier alpha value is -1.68. The Morgan fingerprint density at radius 3 is 1.27 bits per heavy atom. The molecule has 7 unspecified atom stereocenters. The van der Waals surface area contributed by atoms with Gasteiger partial charge in [-0.05, 0) is 51.4 Å². The minimum atomic E-state index is -5.09. The molecule has 0 radical (unpaired) electrons. The predicted molar refractivity (Wildman–Crippen MR) is 310 cm³/mol. The van der Waals surface area contributed by atoms with Gasteiger partial charge in [-0.1, -0.05) is 275 Å². The fraction of sp³-hybridized carbons (Fsp3) is 0.887. The van der Waals surface area contributed by atoms with Crippen molar-refractivity contribution in [1.82, 2.24) is 5.32 Å². The molecular formula is C62H117NO11S. The first-order valence-corrected chi connectivity index (χ1v) is 32.7. The van der Waals surface area contributed by atoms with Crippen LogP contribution in [0.4, 0.5) is 0 Å². The van der Waals surface area contributed by atoms with Crippen molar-refractivity contribution in [3.8, 4) is 0 Å². The molecule has 1 saturated heterocycles. The highest BCUT2D eigenvalue weighted by molar-refractivity contribution is 7.80. The molecule has 0 bridgehead atoms. The van der Waals surface area contributed by atoms with Crippen molar-refractivity contribution in [2.45, 2.75) is 339 Å². The fourth-order valence-corrected chi connectivity index (χ4v) is 10.6. The number of aliphatic hydroxyl groups is 4. The van der Waals surface area contributed by atoms with Gasteiger partial charge in [0, 0.05) is 6.42 Å². The summed E-state index contributed by atoms with van der Waals surface area (Å²) >= 11 is 0. The van der Waals surface area contributed by atoms with Crippen molar-refractivity contribution in [2.24, 2.45) is 0 Å². The van der Waals surface area contributed by atoms with Crippen LogP contribution < -0.4 is 5.32 Å². The summed E-state index contributed by atoms with van der Waals surface area (Å²) in [7, 11) is -5.09. The van der Waals surface area contributed by atoms with E-state index in [1.165, 1.54) is 225 Å². The van der Waals surface area contributed by atoms with Gasteiger partial charge in [0.15, 0.2) is 6.29 Å². The molecule has 1 fully saturated rings. The van der Waals surface area contributed by atoms with Crippen molar-refractivity contribution in [3.63, 3.8) is 0 Å². The number of unbranched alkanes of at least 4 members (excludes halogenated alkanes) is 39. The maximum atomic E-state index is 13.2. The minimum absolute atomic E-state index is 0.259. The van der Waals surface area contributed by atoms with Gasteiger partial charge in [-0.3, -0.25) is 9.35 Å². The Morgan fingerprint density at radius 2 is 0.893 bits per heavy atom. The lowest BCUT2D eigenvalue weighted by Crippen LogP contribution is -2.61. The molecule has 0 saturated carbocycles. The number of nitrogens with one attached hydrogen (secondary N) is 1.